The van der Waals surface area contributed by atoms with Gasteiger partial charge < -0.3 is 15.0 Å². The standard InChI is InChI=1S/C20H29N5O.HI/c1-15-11-16(2)25(23-15)19-8-6-5-7-18(19)12-22-20(21-3)24(4)13-17-9-10-26-14-17;/h5-8,11,17H,9-10,12-14H2,1-4H3,(H,21,22);1H. The topological polar surface area (TPSA) is 54.7 Å². The molecule has 1 fully saturated rings. The molecule has 3 rings (SSSR count). The van der Waals surface area contributed by atoms with Crippen molar-refractivity contribution in [2.24, 2.45) is 10.9 Å². The largest absolute Gasteiger partial charge is 0.381 e. The van der Waals surface area contributed by atoms with E-state index < -0.39 is 0 Å². The van der Waals surface area contributed by atoms with Gasteiger partial charge in [0.25, 0.3) is 0 Å². The Bertz CT molecular complexity index is 767. The molecule has 1 aliphatic heterocycles. The molecule has 2 heterocycles. The first-order valence-corrected chi connectivity index (χ1v) is 9.19. The summed E-state index contributed by atoms with van der Waals surface area (Å²) in [7, 11) is 3.91. The molecule has 1 aliphatic rings. The number of aromatic nitrogens is 2. The summed E-state index contributed by atoms with van der Waals surface area (Å²) >= 11 is 0. The van der Waals surface area contributed by atoms with E-state index in [1.54, 1.807) is 0 Å². The zero-order valence-electron chi connectivity index (χ0n) is 16.6. The lowest BCUT2D eigenvalue weighted by molar-refractivity contribution is 0.181. The second-order valence-electron chi connectivity index (χ2n) is 6.98. The van der Waals surface area contributed by atoms with Gasteiger partial charge in [-0.25, -0.2) is 4.68 Å². The van der Waals surface area contributed by atoms with E-state index in [0.717, 1.165) is 49.2 Å². The number of rotatable bonds is 5. The van der Waals surface area contributed by atoms with Crippen molar-refractivity contribution in [3.63, 3.8) is 0 Å². The predicted molar refractivity (Wildman–Crippen MR) is 120 cm³/mol. The average molecular weight is 483 g/mol. The molecule has 6 nitrogen and oxygen atoms in total. The molecular weight excluding hydrogens is 453 g/mol. The molecule has 1 N–H and O–H groups in total. The quantitative estimate of drug-likeness (QED) is 0.404. The molecular formula is C20H30IN5O. The van der Waals surface area contributed by atoms with Gasteiger partial charge in [0.1, 0.15) is 0 Å². The molecule has 0 amide bonds. The van der Waals surface area contributed by atoms with Gasteiger partial charge in [0, 0.05) is 45.4 Å². The molecule has 27 heavy (non-hydrogen) atoms. The van der Waals surface area contributed by atoms with Gasteiger partial charge in [-0.1, -0.05) is 18.2 Å². The number of aliphatic imine (C=N–C) groups is 1. The van der Waals surface area contributed by atoms with Crippen LogP contribution in [-0.2, 0) is 11.3 Å². The molecule has 0 bridgehead atoms. The van der Waals surface area contributed by atoms with E-state index in [1.807, 2.05) is 18.7 Å². The number of halogens is 1. The summed E-state index contributed by atoms with van der Waals surface area (Å²) in [6.45, 7) is 7.49. The van der Waals surface area contributed by atoms with Crippen LogP contribution in [0.25, 0.3) is 5.69 Å². The highest BCUT2D eigenvalue weighted by Crippen LogP contribution is 2.17. The Morgan fingerprint density at radius 1 is 1.37 bits per heavy atom. The van der Waals surface area contributed by atoms with Crippen LogP contribution in [0.2, 0.25) is 0 Å². The number of para-hydroxylation sites is 1. The van der Waals surface area contributed by atoms with Gasteiger partial charge in [0.2, 0.25) is 0 Å². The van der Waals surface area contributed by atoms with Crippen LogP contribution in [0.3, 0.4) is 0 Å². The van der Waals surface area contributed by atoms with Crippen LogP contribution in [0, 0.1) is 19.8 Å². The Balaban J connectivity index is 0.00000261. The lowest BCUT2D eigenvalue weighted by Gasteiger charge is -2.25. The number of aryl methyl sites for hydroxylation is 2. The van der Waals surface area contributed by atoms with Crippen molar-refractivity contribution in [1.29, 1.82) is 0 Å². The van der Waals surface area contributed by atoms with Crippen LogP contribution >= 0.6 is 24.0 Å². The highest BCUT2D eigenvalue weighted by atomic mass is 127. The third-order valence-corrected chi connectivity index (χ3v) is 4.80. The fourth-order valence-electron chi connectivity index (χ4n) is 3.50. The molecule has 1 aromatic carbocycles. The summed E-state index contributed by atoms with van der Waals surface area (Å²) in [5.74, 6) is 1.49. The molecule has 2 aromatic rings. The maximum atomic E-state index is 5.48. The third-order valence-electron chi connectivity index (χ3n) is 4.80. The van der Waals surface area contributed by atoms with Crippen molar-refractivity contribution in [2.75, 3.05) is 33.9 Å². The van der Waals surface area contributed by atoms with E-state index in [9.17, 15) is 0 Å². The molecule has 0 saturated carbocycles. The number of nitrogens with zero attached hydrogens (tertiary/aromatic N) is 4. The summed E-state index contributed by atoms with van der Waals surface area (Å²) in [6, 6.07) is 10.5. The molecule has 1 saturated heterocycles. The van der Waals surface area contributed by atoms with E-state index in [4.69, 9.17) is 4.74 Å². The Kier molecular flexibility index (Phi) is 8.09. The van der Waals surface area contributed by atoms with E-state index in [-0.39, 0.29) is 24.0 Å². The summed E-state index contributed by atoms with van der Waals surface area (Å²) in [5, 5.41) is 8.12. The maximum Gasteiger partial charge on any atom is 0.193 e. The molecule has 1 atom stereocenters. The average Bonchev–Trinajstić information content (AvgIpc) is 3.25. The number of benzene rings is 1. The normalized spacial score (nSPS) is 16.9. The van der Waals surface area contributed by atoms with Gasteiger partial charge in [-0.15, -0.1) is 24.0 Å². The zero-order chi connectivity index (χ0) is 18.5. The van der Waals surface area contributed by atoms with Crippen LogP contribution in [-0.4, -0.2) is 54.5 Å². The number of nitrogens with one attached hydrogen (secondary N) is 1. The smallest absolute Gasteiger partial charge is 0.193 e. The van der Waals surface area contributed by atoms with Gasteiger partial charge in [0.15, 0.2) is 5.96 Å². The van der Waals surface area contributed by atoms with Crippen LogP contribution in [0.5, 0.6) is 0 Å². The second kappa shape index (κ2) is 10.1. The lowest BCUT2D eigenvalue weighted by Crippen LogP contribution is -2.41. The van der Waals surface area contributed by atoms with Crippen LogP contribution < -0.4 is 5.32 Å². The summed E-state index contributed by atoms with van der Waals surface area (Å²) in [5.41, 5.74) is 4.46. The fourth-order valence-corrected chi connectivity index (χ4v) is 3.50. The molecule has 0 radical (unpaired) electrons. The van der Waals surface area contributed by atoms with E-state index >= 15 is 0 Å². The second-order valence-corrected chi connectivity index (χ2v) is 6.98. The fraction of sp³-hybridized carbons (Fsp3) is 0.500. The molecule has 0 aliphatic carbocycles. The predicted octanol–water partition coefficient (Wildman–Crippen LogP) is 3.15. The van der Waals surface area contributed by atoms with Gasteiger partial charge in [-0.2, -0.15) is 5.10 Å². The van der Waals surface area contributed by atoms with Crippen molar-refractivity contribution in [2.45, 2.75) is 26.8 Å². The Morgan fingerprint density at radius 3 is 2.78 bits per heavy atom. The highest BCUT2D eigenvalue weighted by Gasteiger charge is 2.19. The Morgan fingerprint density at radius 2 is 2.15 bits per heavy atom. The van der Waals surface area contributed by atoms with Crippen LogP contribution in [0.4, 0.5) is 0 Å². The minimum absolute atomic E-state index is 0. The number of guanidine groups is 1. The molecule has 1 unspecified atom stereocenters. The van der Waals surface area contributed by atoms with Gasteiger partial charge >= 0.3 is 0 Å². The first-order chi connectivity index (χ1) is 12.6. The Labute approximate surface area is 179 Å². The third kappa shape index (κ3) is 5.44. The molecule has 7 heteroatoms. The Hall–Kier alpha value is -1.61. The summed E-state index contributed by atoms with van der Waals surface area (Å²) in [4.78, 5) is 6.62. The van der Waals surface area contributed by atoms with E-state index in [2.05, 4.69) is 64.6 Å². The highest BCUT2D eigenvalue weighted by molar-refractivity contribution is 14.0. The zero-order valence-corrected chi connectivity index (χ0v) is 18.9. The number of ether oxygens (including phenoxy) is 1. The maximum absolute atomic E-state index is 5.48. The lowest BCUT2D eigenvalue weighted by atomic mass is 10.1. The van der Waals surface area contributed by atoms with E-state index in [0.29, 0.717) is 12.5 Å². The summed E-state index contributed by atoms with van der Waals surface area (Å²) < 4.78 is 7.49. The van der Waals surface area contributed by atoms with Crippen molar-refractivity contribution >= 4 is 29.9 Å². The van der Waals surface area contributed by atoms with E-state index in [1.165, 1.54) is 5.56 Å². The number of hydrogen-bond donors (Lipinski definition) is 1. The first-order valence-electron chi connectivity index (χ1n) is 9.19. The molecule has 148 valence electrons. The van der Waals surface area contributed by atoms with Gasteiger partial charge in [0.05, 0.1) is 18.0 Å². The van der Waals surface area contributed by atoms with Crippen LogP contribution in [0.15, 0.2) is 35.3 Å². The van der Waals surface area contributed by atoms with Crippen molar-refractivity contribution < 1.29 is 4.74 Å². The van der Waals surface area contributed by atoms with Crippen molar-refractivity contribution in [3.8, 4) is 5.69 Å². The first kappa shape index (κ1) is 21.7. The van der Waals surface area contributed by atoms with Crippen molar-refractivity contribution in [1.82, 2.24) is 20.0 Å². The van der Waals surface area contributed by atoms with Crippen molar-refractivity contribution in [3.05, 3.63) is 47.3 Å². The number of hydrogen-bond acceptors (Lipinski definition) is 3. The summed E-state index contributed by atoms with van der Waals surface area (Å²) in [6.07, 6.45) is 1.13. The van der Waals surface area contributed by atoms with Gasteiger partial charge in [-0.3, -0.25) is 4.99 Å². The minimum Gasteiger partial charge on any atom is -0.381 e. The monoisotopic (exact) mass is 483 g/mol. The SMILES string of the molecule is CN=C(NCc1ccccc1-n1nc(C)cc1C)N(C)CC1CCOC1.I. The molecule has 1 aromatic heterocycles. The minimum atomic E-state index is 0. The van der Waals surface area contributed by atoms with Gasteiger partial charge in [-0.05, 0) is 38.0 Å². The molecule has 0 spiro atoms. The van der Waals surface area contributed by atoms with Crippen LogP contribution in [0.1, 0.15) is 23.4 Å².